The summed E-state index contributed by atoms with van der Waals surface area (Å²) in [4.78, 5) is 0. The van der Waals surface area contributed by atoms with Crippen LogP contribution in [0.1, 0.15) is 19.8 Å². The van der Waals surface area contributed by atoms with E-state index in [2.05, 4.69) is 0 Å². The quantitative estimate of drug-likeness (QED) is 0.543. The molecule has 1 unspecified atom stereocenters. The van der Waals surface area contributed by atoms with Gasteiger partial charge in [0.15, 0.2) is 0 Å². The second kappa shape index (κ2) is 3.32. The number of aliphatic hydroxyl groups excluding tert-OH is 2. The van der Waals surface area contributed by atoms with Crippen LogP contribution in [0.25, 0.3) is 0 Å². The summed E-state index contributed by atoms with van der Waals surface area (Å²) in [5, 5.41) is 18.2. The molecule has 3 atom stereocenters. The van der Waals surface area contributed by atoms with Crippen LogP contribution in [0.4, 0.5) is 0 Å². The first-order valence-corrected chi connectivity index (χ1v) is 3.71. The average Bonchev–Trinajstić information content (AvgIpc) is 1.95. The summed E-state index contributed by atoms with van der Waals surface area (Å²) in [6.45, 7) is 2.29. The average molecular weight is 146 g/mol. The first-order valence-electron chi connectivity index (χ1n) is 3.71. The van der Waals surface area contributed by atoms with Crippen LogP contribution in [-0.2, 0) is 4.74 Å². The highest BCUT2D eigenvalue weighted by atomic mass is 16.5. The van der Waals surface area contributed by atoms with E-state index in [0.29, 0.717) is 6.42 Å². The van der Waals surface area contributed by atoms with E-state index >= 15 is 0 Å². The maximum absolute atomic E-state index is 9.15. The summed E-state index contributed by atoms with van der Waals surface area (Å²) >= 11 is 0. The van der Waals surface area contributed by atoms with Crippen LogP contribution in [0.2, 0.25) is 0 Å². The molecule has 0 bridgehead atoms. The summed E-state index contributed by atoms with van der Waals surface area (Å²) in [5.74, 6) is 0. The second-order valence-corrected chi connectivity index (χ2v) is 2.73. The van der Waals surface area contributed by atoms with Crippen molar-refractivity contribution >= 4 is 0 Å². The van der Waals surface area contributed by atoms with Gasteiger partial charge in [-0.3, -0.25) is 0 Å². The Kier molecular flexibility index (Phi) is 2.65. The fourth-order valence-electron chi connectivity index (χ4n) is 1.12. The fraction of sp³-hybridized carbons (Fsp3) is 1.00. The molecule has 3 heteroatoms. The summed E-state index contributed by atoms with van der Waals surface area (Å²) in [5.41, 5.74) is 0. The Morgan fingerprint density at radius 2 is 2.10 bits per heavy atom. The summed E-state index contributed by atoms with van der Waals surface area (Å²) in [6, 6.07) is 0. The first kappa shape index (κ1) is 7.98. The van der Waals surface area contributed by atoms with Crippen molar-refractivity contribution in [3.8, 4) is 0 Å². The van der Waals surface area contributed by atoms with Crippen molar-refractivity contribution in [2.75, 3.05) is 6.61 Å². The Morgan fingerprint density at radius 3 is 2.60 bits per heavy atom. The summed E-state index contributed by atoms with van der Waals surface area (Å²) in [6.07, 6.45) is 0.349. The molecule has 0 aromatic heterocycles. The zero-order chi connectivity index (χ0) is 7.56. The van der Waals surface area contributed by atoms with Crippen LogP contribution in [0.5, 0.6) is 0 Å². The van der Waals surface area contributed by atoms with Gasteiger partial charge in [-0.15, -0.1) is 0 Å². The third-order valence-electron chi connectivity index (χ3n) is 1.91. The minimum atomic E-state index is -0.678. The lowest BCUT2D eigenvalue weighted by molar-refractivity contribution is -0.121. The van der Waals surface area contributed by atoms with Gasteiger partial charge in [0.05, 0.1) is 18.8 Å². The molecule has 2 N–H and O–H groups in total. The molecule has 0 saturated carbocycles. The molecule has 0 spiro atoms. The highest BCUT2D eigenvalue weighted by Gasteiger charge is 2.26. The van der Waals surface area contributed by atoms with E-state index in [1.807, 2.05) is 6.92 Å². The molecule has 1 heterocycles. The molecular formula is C7H14O3. The lowest BCUT2D eigenvalue weighted by Gasteiger charge is -2.29. The Balaban J connectivity index is 2.33. The van der Waals surface area contributed by atoms with Crippen molar-refractivity contribution in [2.45, 2.75) is 38.1 Å². The van der Waals surface area contributed by atoms with Crippen molar-refractivity contribution in [3.05, 3.63) is 0 Å². The summed E-state index contributed by atoms with van der Waals surface area (Å²) in [7, 11) is 0. The molecule has 1 fully saturated rings. The smallest absolute Gasteiger partial charge is 0.103 e. The van der Waals surface area contributed by atoms with Gasteiger partial charge in [-0.25, -0.2) is 0 Å². The fourth-order valence-corrected chi connectivity index (χ4v) is 1.12. The highest BCUT2D eigenvalue weighted by Crippen LogP contribution is 2.16. The van der Waals surface area contributed by atoms with Gasteiger partial charge in [0.1, 0.15) is 6.10 Å². The van der Waals surface area contributed by atoms with Crippen LogP contribution < -0.4 is 0 Å². The van der Waals surface area contributed by atoms with Crippen molar-refractivity contribution in [3.63, 3.8) is 0 Å². The number of hydrogen-bond donors (Lipinski definition) is 2. The van der Waals surface area contributed by atoms with Gasteiger partial charge in [-0.1, -0.05) is 6.92 Å². The number of hydrogen-bond acceptors (Lipinski definition) is 3. The Hall–Kier alpha value is -0.120. The Bertz CT molecular complexity index is 105. The molecule has 0 aliphatic carbocycles. The van der Waals surface area contributed by atoms with E-state index in [0.717, 1.165) is 6.42 Å². The number of rotatable bonds is 1. The molecule has 10 heavy (non-hydrogen) atoms. The van der Waals surface area contributed by atoms with E-state index in [9.17, 15) is 0 Å². The maximum atomic E-state index is 9.15. The number of aliphatic hydroxyl groups is 2. The third kappa shape index (κ3) is 1.68. The van der Waals surface area contributed by atoms with Gasteiger partial charge >= 0.3 is 0 Å². The minimum absolute atomic E-state index is 0.137. The Labute approximate surface area is 60.6 Å². The zero-order valence-corrected chi connectivity index (χ0v) is 6.16. The molecule has 1 rings (SSSR count). The lowest BCUT2D eigenvalue weighted by Crippen LogP contribution is -2.40. The van der Waals surface area contributed by atoms with E-state index in [4.69, 9.17) is 14.9 Å². The molecule has 3 nitrogen and oxygen atoms in total. The van der Waals surface area contributed by atoms with Crippen LogP contribution in [0.15, 0.2) is 0 Å². The topological polar surface area (TPSA) is 49.7 Å². The monoisotopic (exact) mass is 146 g/mol. The highest BCUT2D eigenvalue weighted by molar-refractivity contribution is 4.76. The van der Waals surface area contributed by atoms with Gasteiger partial charge in [0, 0.05) is 6.42 Å². The van der Waals surface area contributed by atoms with Gasteiger partial charge < -0.3 is 14.9 Å². The van der Waals surface area contributed by atoms with Crippen LogP contribution in [0.3, 0.4) is 0 Å². The molecule has 1 aliphatic heterocycles. The standard InChI is InChI=1S/C7H14O3/c1-2-5-3-6(8)7(9)4-10-5/h5-9H,2-4H2,1H3/t5?,6-,7-/m1/s1. The molecule has 60 valence electrons. The molecule has 1 aliphatic rings. The lowest BCUT2D eigenvalue weighted by atomic mass is 10.0. The van der Waals surface area contributed by atoms with Gasteiger partial charge in [-0.2, -0.15) is 0 Å². The second-order valence-electron chi connectivity index (χ2n) is 2.73. The van der Waals surface area contributed by atoms with Crippen molar-refractivity contribution in [1.29, 1.82) is 0 Å². The molecule has 0 amide bonds. The van der Waals surface area contributed by atoms with Gasteiger partial charge in [0.2, 0.25) is 0 Å². The summed E-state index contributed by atoms with van der Waals surface area (Å²) < 4.78 is 5.20. The van der Waals surface area contributed by atoms with Crippen LogP contribution in [-0.4, -0.2) is 35.1 Å². The van der Waals surface area contributed by atoms with Crippen molar-refractivity contribution in [1.82, 2.24) is 0 Å². The minimum Gasteiger partial charge on any atom is -0.390 e. The van der Waals surface area contributed by atoms with E-state index in [1.54, 1.807) is 0 Å². The molecular weight excluding hydrogens is 132 g/mol. The van der Waals surface area contributed by atoms with Crippen molar-refractivity contribution < 1.29 is 14.9 Å². The van der Waals surface area contributed by atoms with E-state index in [1.165, 1.54) is 0 Å². The molecule has 0 aromatic rings. The molecule has 0 radical (unpaired) electrons. The van der Waals surface area contributed by atoms with Gasteiger partial charge in [-0.05, 0) is 6.42 Å². The first-order chi connectivity index (χ1) is 4.74. The van der Waals surface area contributed by atoms with E-state index in [-0.39, 0.29) is 12.7 Å². The third-order valence-corrected chi connectivity index (χ3v) is 1.91. The Morgan fingerprint density at radius 1 is 1.40 bits per heavy atom. The predicted molar refractivity (Wildman–Crippen MR) is 36.7 cm³/mol. The van der Waals surface area contributed by atoms with Crippen molar-refractivity contribution in [2.24, 2.45) is 0 Å². The molecule has 0 aromatic carbocycles. The SMILES string of the molecule is CCC1C[C@@H](O)[C@H](O)CO1. The normalized spacial score (nSPS) is 41.7. The van der Waals surface area contributed by atoms with Gasteiger partial charge in [0.25, 0.3) is 0 Å². The molecule has 1 saturated heterocycles. The largest absolute Gasteiger partial charge is 0.390 e. The zero-order valence-electron chi connectivity index (χ0n) is 6.16. The van der Waals surface area contributed by atoms with E-state index < -0.39 is 12.2 Å². The number of ether oxygens (including phenoxy) is 1. The predicted octanol–water partition coefficient (Wildman–Crippen LogP) is -0.0929. The van der Waals surface area contributed by atoms with Crippen LogP contribution >= 0.6 is 0 Å². The van der Waals surface area contributed by atoms with Crippen LogP contribution in [0, 0.1) is 0 Å². The maximum Gasteiger partial charge on any atom is 0.103 e.